The Balaban J connectivity index is 1.60. The van der Waals surface area contributed by atoms with E-state index in [4.69, 9.17) is 4.98 Å². The van der Waals surface area contributed by atoms with Gasteiger partial charge in [0, 0.05) is 48.8 Å². The third kappa shape index (κ3) is 5.29. The van der Waals surface area contributed by atoms with E-state index in [1.54, 1.807) is 18.5 Å². The minimum atomic E-state index is -3.43. The van der Waals surface area contributed by atoms with Crippen LogP contribution in [0.2, 0.25) is 0 Å². The Morgan fingerprint density at radius 3 is 2.48 bits per heavy atom. The van der Waals surface area contributed by atoms with Crippen LogP contribution in [-0.2, 0) is 23.1 Å². The second-order valence-electron chi connectivity index (χ2n) is 8.19. The molecule has 4 rings (SSSR count). The van der Waals surface area contributed by atoms with Crippen molar-refractivity contribution in [2.24, 2.45) is 0 Å². The molecule has 172 valence electrons. The summed E-state index contributed by atoms with van der Waals surface area (Å²) in [6.07, 6.45) is 6.43. The molecule has 33 heavy (non-hydrogen) atoms. The lowest BCUT2D eigenvalue weighted by atomic mass is 10.2. The monoisotopic (exact) mass is 465 g/mol. The molecule has 0 aliphatic carbocycles. The standard InChI is InChI=1S/C23H27N7O2S/c1-28(2)15-17-7-9-20(10-8-17)26-23-25-14-18-11-13-30(22(18)27-23)16-19-6-5-12-24-21(19)29(3)33(4,31)32/h5-14H,15-16H2,1-4H3,(H,25,26,27). The highest BCUT2D eigenvalue weighted by molar-refractivity contribution is 7.92. The first kappa shape index (κ1) is 22.7. The molecule has 0 saturated heterocycles. The number of benzene rings is 1. The van der Waals surface area contributed by atoms with Crippen LogP contribution in [0.25, 0.3) is 11.0 Å². The van der Waals surface area contributed by atoms with E-state index in [0.717, 1.165) is 35.1 Å². The maximum absolute atomic E-state index is 12.0. The summed E-state index contributed by atoms with van der Waals surface area (Å²) in [5.74, 6) is 0.884. The van der Waals surface area contributed by atoms with Crippen LogP contribution in [0.4, 0.5) is 17.5 Å². The zero-order valence-electron chi connectivity index (χ0n) is 19.1. The number of rotatable bonds is 8. The fraction of sp³-hybridized carbons (Fsp3) is 0.261. The van der Waals surface area contributed by atoms with E-state index in [2.05, 4.69) is 32.3 Å². The summed E-state index contributed by atoms with van der Waals surface area (Å²) >= 11 is 0. The predicted octanol–water partition coefficient (Wildman–Crippen LogP) is 3.08. The van der Waals surface area contributed by atoms with Crippen molar-refractivity contribution < 1.29 is 8.42 Å². The summed E-state index contributed by atoms with van der Waals surface area (Å²) in [5, 5.41) is 4.15. The Hall–Kier alpha value is -3.50. The van der Waals surface area contributed by atoms with Crippen LogP contribution in [0.5, 0.6) is 0 Å². The van der Waals surface area contributed by atoms with Crippen LogP contribution in [0.15, 0.2) is 61.1 Å². The maximum Gasteiger partial charge on any atom is 0.233 e. The Morgan fingerprint density at radius 1 is 1.03 bits per heavy atom. The molecule has 0 radical (unpaired) electrons. The highest BCUT2D eigenvalue weighted by atomic mass is 32.2. The molecule has 0 saturated carbocycles. The van der Waals surface area contributed by atoms with Crippen LogP contribution in [0.1, 0.15) is 11.1 Å². The average Bonchev–Trinajstić information content (AvgIpc) is 3.16. The summed E-state index contributed by atoms with van der Waals surface area (Å²) in [7, 11) is 2.15. The molecule has 0 unspecified atom stereocenters. The van der Waals surface area contributed by atoms with Crippen LogP contribution in [0.3, 0.4) is 0 Å². The molecule has 0 spiro atoms. The summed E-state index contributed by atoms with van der Waals surface area (Å²) < 4.78 is 27.2. The second kappa shape index (κ2) is 9.16. The number of sulfonamides is 1. The number of fused-ring (bicyclic) bond motifs is 1. The van der Waals surface area contributed by atoms with Crippen LogP contribution >= 0.6 is 0 Å². The highest BCUT2D eigenvalue weighted by Gasteiger charge is 2.18. The van der Waals surface area contributed by atoms with E-state index in [-0.39, 0.29) is 0 Å². The molecule has 4 aromatic rings. The Kier molecular flexibility index (Phi) is 6.30. The predicted molar refractivity (Wildman–Crippen MR) is 131 cm³/mol. The van der Waals surface area contributed by atoms with Gasteiger partial charge in [0.15, 0.2) is 0 Å². The van der Waals surface area contributed by atoms with Gasteiger partial charge in [-0.25, -0.2) is 18.4 Å². The van der Waals surface area contributed by atoms with Gasteiger partial charge in [-0.2, -0.15) is 4.98 Å². The van der Waals surface area contributed by atoms with E-state index < -0.39 is 10.0 Å². The normalized spacial score (nSPS) is 11.8. The van der Waals surface area contributed by atoms with E-state index in [9.17, 15) is 8.42 Å². The summed E-state index contributed by atoms with van der Waals surface area (Å²) in [6, 6.07) is 13.8. The molecule has 3 heterocycles. The summed E-state index contributed by atoms with van der Waals surface area (Å²) in [6.45, 7) is 1.29. The van der Waals surface area contributed by atoms with Gasteiger partial charge in [0.25, 0.3) is 0 Å². The zero-order valence-corrected chi connectivity index (χ0v) is 19.9. The van der Waals surface area contributed by atoms with Crippen molar-refractivity contribution in [3.63, 3.8) is 0 Å². The number of hydrogen-bond acceptors (Lipinski definition) is 7. The van der Waals surface area contributed by atoms with E-state index in [1.807, 2.05) is 49.1 Å². The van der Waals surface area contributed by atoms with Crippen molar-refractivity contribution >= 4 is 38.5 Å². The molecule has 10 heteroatoms. The van der Waals surface area contributed by atoms with E-state index in [0.29, 0.717) is 18.3 Å². The van der Waals surface area contributed by atoms with Gasteiger partial charge in [0.1, 0.15) is 11.5 Å². The fourth-order valence-corrected chi connectivity index (χ4v) is 4.00. The summed E-state index contributed by atoms with van der Waals surface area (Å²) in [4.78, 5) is 15.5. The third-order valence-corrected chi connectivity index (χ3v) is 6.38. The van der Waals surface area contributed by atoms with Gasteiger partial charge in [-0.1, -0.05) is 18.2 Å². The van der Waals surface area contributed by atoms with Crippen molar-refractivity contribution in [1.29, 1.82) is 0 Å². The first-order chi connectivity index (χ1) is 15.7. The quantitative estimate of drug-likeness (QED) is 0.427. The number of pyridine rings is 1. The van der Waals surface area contributed by atoms with Gasteiger partial charge in [0.05, 0.1) is 12.8 Å². The maximum atomic E-state index is 12.0. The lowest BCUT2D eigenvalue weighted by molar-refractivity contribution is 0.402. The van der Waals surface area contributed by atoms with E-state index >= 15 is 0 Å². The largest absolute Gasteiger partial charge is 0.328 e. The van der Waals surface area contributed by atoms with Gasteiger partial charge >= 0.3 is 0 Å². The molecule has 0 amide bonds. The molecule has 0 aliphatic rings. The molecular formula is C23H27N7O2S. The Morgan fingerprint density at radius 2 is 1.79 bits per heavy atom. The molecule has 0 fully saturated rings. The van der Waals surface area contributed by atoms with Crippen molar-refractivity contribution in [2.75, 3.05) is 37.0 Å². The molecule has 3 aromatic heterocycles. The first-order valence-electron chi connectivity index (χ1n) is 10.4. The number of nitrogens with one attached hydrogen (secondary N) is 1. The Bertz CT molecular complexity index is 1370. The molecule has 0 bridgehead atoms. The van der Waals surface area contributed by atoms with Crippen molar-refractivity contribution in [1.82, 2.24) is 24.4 Å². The fourth-order valence-electron chi connectivity index (χ4n) is 3.52. The minimum absolute atomic E-state index is 0.395. The number of hydrogen-bond donors (Lipinski definition) is 1. The molecular weight excluding hydrogens is 438 g/mol. The number of nitrogens with zero attached hydrogens (tertiary/aromatic N) is 6. The minimum Gasteiger partial charge on any atom is -0.328 e. The number of aromatic nitrogens is 4. The van der Waals surface area contributed by atoms with Gasteiger partial charge in [-0.05, 0) is 43.9 Å². The zero-order chi connectivity index (χ0) is 23.6. The van der Waals surface area contributed by atoms with Crippen molar-refractivity contribution in [2.45, 2.75) is 13.1 Å². The number of anilines is 3. The molecule has 0 atom stereocenters. The molecule has 9 nitrogen and oxygen atoms in total. The lowest BCUT2D eigenvalue weighted by Gasteiger charge is -2.19. The van der Waals surface area contributed by atoms with Crippen LogP contribution < -0.4 is 9.62 Å². The Labute approximate surface area is 193 Å². The second-order valence-corrected chi connectivity index (χ2v) is 10.2. The van der Waals surface area contributed by atoms with Crippen molar-refractivity contribution in [3.05, 3.63) is 72.2 Å². The summed E-state index contributed by atoms with van der Waals surface area (Å²) in [5.41, 5.74) is 3.64. The molecule has 0 aliphatic heterocycles. The lowest BCUT2D eigenvalue weighted by Crippen LogP contribution is -2.27. The van der Waals surface area contributed by atoms with E-state index in [1.165, 1.54) is 16.9 Å². The van der Waals surface area contributed by atoms with Crippen LogP contribution in [0, 0.1) is 0 Å². The third-order valence-electron chi connectivity index (χ3n) is 5.21. The van der Waals surface area contributed by atoms with Gasteiger partial charge in [0.2, 0.25) is 16.0 Å². The SMILES string of the molecule is CN(C)Cc1ccc(Nc2ncc3ccn(Cc4cccnc4N(C)S(C)(=O)=O)c3n2)cc1. The molecule has 1 N–H and O–H groups in total. The average molecular weight is 466 g/mol. The topological polar surface area (TPSA) is 96.3 Å². The van der Waals surface area contributed by atoms with Gasteiger partial charge in [-0.15, -0.1) is 0 Å². The van der Waals surface area contributed by atoms with Crippen LogP contribution in [-0.4, -0.2) is 60.2 Å². The molecule has 1 aromatic carbocycles. The van der Waals surface area contributed by atoms with Gasteiger partial charge < -0.3 is 14.8 Å². The first-order valence-corrected chi connectivity index (χ1v) is 12.3. The van der Waals surface area contributed by atoms with Gasteiger partial charge in [-0.3, -0.25) is 4.31 Å². The highest BCUT2D eigenvalue weighted by Crippen LogP contribution is 2.23. The smallest absolute Gasteiger partial charge is 0.233 e. The van der Waals surface area contributed by atoms with Crippen molar-refractivity contribution in [3.8, 4) is 0 Å².